The van der Waals surface area contributed by atoms with Crippen molar-refractivity contribution >= 4 is 17.1 Å². The molecule has 1 N–H and O–H groups in total. The van der Waals surface area contributed by atoms with Crippen molar-refractivity contribution in [3.05, 3.63) is 21.9 Å². The van der Waals surface area contributed by atoms with E-state index in [0.29, 0.717) is 12.6 Å². The van der Waals surface area contributed by atoms with Crippen LogP contribution in [0.2, 0.25) is 0 Å². The second-order valence-electron chi connectivity index (χ2n) is 3.52. The van der Waals surface area contributed by atoms with Gasteiger partial charge in [0.2, 0.25) is 0 Å². The van der Waals surface area contributed by atoms with Crippen LogP contribution in [-0.4, -0.2) is 18.4 Å². The second kappa shape index (κ2) is 5.27. The van der Waals surface area contributed by atoms with Crippen molar-refractivity contribution in [1.29, 1.82) is 0 Å². The van der Waals surface area contributed by atoms with Crippen molar-refractivity contribution in [2.24, 2.45) is 0 Å². The van der Waals surface area contributed by atoms with Gasteiger partial charge in [0, 0.05) is 10.9 Å². The quantitative estimate of drug-likeness (QED) is 0.759. The summed E-state index contributed by atoms with van der Waals surface area (Å²) in [6.07, 6.45) is 1.05. The first-order valence-corrected chi connectivity index (χ1v) is 5.78. The molecule has 1 unspecified atom stereocenters. The van der Waals surface area contributed by atoms with Gasteiger partial charge in [-0.15, -0.1) is 11.3 Å². The Hall–Kier alpha value is -0.670. The Labute approximate surface area is 89.3 Å². The van der Waals surface area contributed by atoms with Gasteiger partial charge in [0.25, 0.3) is 0 Å². The molecule has 0 aliphatic rings. The predicted octanol–water partition coefficient (Wildman–Crippen LogP) is 2.63. The van der Waals surface area contributed by atoms with E-state index in [9.17, 15) is 4.79 Å². The van der Waals surface area contributed by atoms with E-state index in [1.807, 2.05) is 19.1 Å². The Morgan fingerprint density at radius 3 is 2.79 bits per heavy atom. The molecule has 0 saturated heterocycles. The summed E-state index contributed by atoms with van der Waals surface area (Å²) in [4.78, 5) is 13.7. The van der Waals surface area contributed by atoms with E-state index in [-0.39, 0.29) is 5.78 Å². The van der Waals surface area contributed by atoms with Crippen LogP contribution in [0.4, 0.5) is 0 Å². The van der Waals surface area contributed by atoms with Gasteiger partial charge >= 0.3 is 0 Å². The van der Waals surface area contributed by atoms with Crippen molar-refractivity contribution in [3.63, 3.8) is 0 Å². The van der Waals surface area contributed by atoms with Crippen LogP contribution in [0.25, 0.3) is 0 Å². The molecule has 0 aliphatic carbocycles. The summed E-state index contributed by atoms with van der Waals surface area (Å²) in [5, 5.41) is 3.20. The van der Waals surface area contributed by atoms with Crippen LogP contribution in [-0.2, 0) is 0 Å². The SMILES string of the molecule is CCC(C)NCC(=O)c1ccc(C)s1. The normalized spacial score (nSPS) is 12.8. The van der Waals surface area contributed by atoms with Crippen LogP contribution in [0.15, 0.2) is 12.1 Å². The van der Waals surface area contributed by atoms with Crippen molar-refractivity contribution in [3.8, 4) is 0 Å². The van der Waals surface area contributed by atoms with Crippen LogP contribution in [0, 0.1) is 6.92 Å². The zero-order valence-corrected chi connectivity index (χ0v) is 9.78. The van der Waals surface area contributed by atoms with Crippen molar-refractivity contribution < 1.29 is 4.79 Å². The number of hydrogen-bond acceptors (Lipinski definition) is 3. The summed E-state index contributed by atoms with van der Waals surface area (Å²) in [6.45, 7) is 6.67. The van der Waals surface area contributed by atoms with Crippen molar-refractivity contribution in [2.75, 3.05) is 6.54 Å². The molecule has 0 aliphatic heterocycles. The Balaban J connectivity index is 2.43. The lowest BCUT2D eigenvalue weighted by atomic mass is 10.2. The monoisotopic (exact) mass is 211 g/mol. The third-order valence-electron chi connectivity index (χ3n) is 2.24. The average molecular weight is 211 g/mol. The smallest absolute Gasteiger partial charge is 0.186 e. The van der Waals surface area contributed by atoms with Gasteiger partial charge in [0.05, 0.1) is 11.4 Å². The lowest BCUT2D eigenvalue weighted by Gasteiger charge is -2.09. The molecule has 3 heteroatoms. The Bertz CT molecular complexity index is 306. The van der Waals surface area contributed by atoms with Gasteiger partial charge in [-0.25, -0.2) is 0 Å². The Morgan fingerprint density at radius 1 is 1.57 bits per heavy atom. The highest BCUT2D eigenvalue weighted by Gasteiger charge is 2.08. The minimum Gasteiger partial charge on any atom is -0.307 e. The molecule has 0 radical (unpaired) electrons. The fraction of sp³-hybridized carbons (Fsp3) is 0.545. The zero-order chi connectivity index (χ0) is 10.6. The highest BCUT2D eigenvalue weighted by atomic mass is 32.1. The first-order valence-electron chi connectivity index (χ1n) is 4.96. The summed E-state index contributed by atoms with van der Waals surface area (Å²) in [5.41, 5.74) is 0. The summed E-state index contributed by atoms with van der Waals surface area (Å²) in [5.74, 6) is 0.198. The molecule has 0 spiro atoms. The molecule has 2 nitrogen and oxygen atoms in total. The van der Waals surface area contributed by atoms with Crippen molar-refractivity contribution in [2.45, 2.75) is 33.2 Å². The molecule has 0 aromatic carbocycles. The molecular formula is C11H17NOS. The highest BCUT2D eigenvalue weighted by Crippen LogP contribution is 2.15. The van der Waals surface area contributed by atoms with E-state index < -0.39 is 0 Å². The highest BCUT2D eigenvalue weighted by molar-refractivity contribution is 7.14. The molecular weight excluding hydrogens is 194 g/mol. The van der Waals surface area contributed by atoms with E-state index in [4.69, 9.17) is 0 Å². The molecule has 78 valence electrons. The van der Waals surface area contributed by atoms with Gasteiger partial charge in [-0.2, -0.15) is 0 Å². The molecule has 0 amide bonds. The van der Waals surface area contributed by atoms with Gasteiger partial charge < -0.3 is 5.32 Å². The molecule has 0 fully saturated rings. The Kier molecular flexibility index (Phi) is 4.29. The number of nitrogens with one attached hydrogen (secondary N) is 1. The fourth-order valence-electron chi connectivity index (χ4n) is 1.08. The average Bonchev–Trinajstić information content (AvgIpc) is 2.60. The van der Waals surface area contributed by atoms with Crippen LogP contribution >= 0.6 is 11.3 Å². The minimum absolute atomic E-state index is 0.198. The van der Waals surface area contributed by atoms with Crippen LogP contribution in [0.3, 0.4) is 0 Å². The van der Waals surface area contributed by atoms with Crippen LogP contribution < -0.4 is 5.32 Å². The largest absolute Gasteiger partial charge is 0.307 e. The first-order chi connectivity index (χ1) is 6.63. The third kappa shape index (κ3) is 3.24. The molecule has 0 saturated carbocycles. The second-order valence-corrected chi connectivity index (χ2v) is 4.81. The lowest BCUT2D eigenvalue weighted by Crippen LogP contribution is -2.30. The number of hydrogen-bond donors (Lipinski definition) is 1. The van der Waals surface area contributed by atoms with Gasteiger partial charge in [-0.05, 0) is 32.4 Å². The van der Waals surface area contributed by atoms with E-state index in [2.05, 4.69) is 19.2 Å². The molecule has 1 aromatic heterocycles. The van der Waals surface area contributed by atoms with Crippen molar-refractivity contribution in [1.82, 2.24) is 5.32 Å². The maximum absolute atomic E-state index is 11.6. The maximum atomic E-state index is 11.6. The first kappa shape index (κ1) is 11.4. The number of carbonyl (C=O) groups is 1. The minimum atomic E-state index is 0.198. The number of thiophene rings is 1. The number of carbonyl (C=O) groups excluding carboxylic acids is 1. The predicted molar refractivity (Wildman–Crippen MR) is 61.1 cm³/mol. The fourth-order valence-corrected chi connectivity index (χ4v) is 1.89. The summed E-state index contributed by atoms with van der Waals surface area (Å²) >= 11 is 1.57. The van der Waals surface area contributed by atoms with E-state index in [0.717, 1.165) is 11.3 Å². The number of ketones is 1. The molecule has 1 atom stereocenters. The number of rotatable bonds is 5. The molecule has 1 aromatic rings. The van der Waals surface area contributed by atoms with E-state index >= 15 is 0 Å². The van der Waals surface area contributed by atoms with Crippen LogP contribution in [0.5, 0.6) is 0 Å². The summed E-state index contributed by atoms with van der Waals surface area (Å²) in [7, 11) is 0. The zero-order valence-electron chi connectivity index (χ0n) is 8.96. The van der Waals surface area contributed by atoms with E-state index in [1.54, 1.807) is 11.3 Å². The van der Waals surface area contributed by atoms with Gasteiger partial charge in [0.1, 0.15) is 0 Å². The lowest BCUT2D eigenvalue weighted by molar-refractivity contribution is 0.0991. The molecule has 0 bridgehead atoms. The Morgan fingerprint density at radius 2 is 2.29 bits per heavy atom. The molecule has 1 heterocycles. The maximum Gasteiger partial charge on any atom is 0.186 e. The van der Waals surface area contributed by atoms with Gasteiger partial charge in [-0.1, -0.05) is 6.92 Å². The standard InChI is InChI=1S/C11H17NOS/c1-4-8(2)12-7-10(13)11-6-5-9(3)14-11/h5-6,8,12H,4,7H2,1-3H3. The summed E-state index contributed by atoms with van der Waals surface area (Å²) in [6, 6.07) is 4.31. The topological polar surface area (TPSA) is 29.1 Å². The molecule has 1 rings (SSSR count). The third-order valence-corrected chi connectivity index (χ3v) is 3.28. The molecule has 14 heavy (non-hydrogen) atoms. The van der Waals surface area contributed by atoms with Gasteiger partial charge in [-0.3, -0.25) is 4.79 Å². The van der Waals surface area contributed by atoms with E-state index in [1.165, 1.54) is 4.88 Å². The van der Waals surface area contributed by atoms with Gasteiger partial charge in [0.15, 0.2) is 5.78 Å². The number of Topliss-reactive ketones (excluding diaryl/α,β-unsaturated/α-hetero) is 1. The number of aryl methyl sites for hydroxylation is 1. The van der Waals surface area contributed by atoms with Crippen LogP contribution in [0.1, 0.15) is 34.8 Å². The summed E-state index contributed by atoms with van der Waals surface area (Å²) < 4.78 is 0.